The standard InChI is InChI=1S/C13H14FN3O2S/c1-13(2,3)11-16-12(20-17-11)15-7-4-5-8(10(18)19)9(14)6-7/h4-6H,1-3H3,(H,18,19)(H,15,16,17). The van der Waals surface area contributed by atoms with Crippen LogP contribution in [0, 0.1) is 5.82 Å². The van der Waals surface area contributed by atoms with E-state index in [1.165, 1.54) is 23.7 Å². The van der Waals surface area contributed by atoms with Crippen LogP contribution in [-0.4, -0.2) is 20.4 Å². The molecule has 0 unspecified atom stereocenters. The number of anilines is 2. The Morgan fingerprint density at radius 1 is 1.40 bits per heavy atom. The smallest absolute Gasteiger partial charge is 0.338 e. The molecular formula is C13H14FN3O2S. The number of nitrogens with zero attached hydrogens (tertiary/aromatic N) is 2. The summed E-state index contributed by atoms with van der Waals surface area (Å²) < 4.78 is 17.8. The van der Waals surface area contributed by atoms with E-state index in [9.17, 15) is 9.18 Å². The van der Waals surface area contributed by atoms with Crippen molar-refractivity contribution in [3.05, 3.63) is 35.4 Å². The van der Waals surface area contributed by atoms with E-state index in [2.05, 4.69) is 14.7 Å². The summed E-state index contributed by atoms with van der Waals surface area (Å²) in [5, 5.41) is 12.2. The monoisotopic (exact) mass is 295 g/mol. The van der Waals surface area contributed by atoms with Crippen molar-refractivity contribution in [3.63, 3.8) is 0 Å². The number of hydrogen-bond acceptors (Lipinski definition) is 5. The number of carbonyl (C=O) groups is 1. The highest BCUT2D eigenvalue weighted by atomic mass is 32.1. The molecule has 0 amide bonds. The van der Waals surface area contributed by atoms with E-state index in [4.69, 9.17) is 5.11 Å². The Morgan fingerprint density at radius 2 is 2.10 bits per heavy atom. The van der Waals surface area contributed by atoms with Gasteiger partial charge in [-0.15, -0.1) is 0 Å². The zero-order chi connectivity index (χ0) is 14.9. The molecule has 0 fully saturated rings. The van der Waals surface area contributed by atoms with E-state index in [0.717, 1.165) is 6.07 Å². The van der Waals surface area contributed by atoms with Crippen molar-refractivity contribution in [2.75, 3.05) is 5.32 Å². The Balaban J connectivity index is 2.20. The third-order valence-corrected chi connectivity index (χ3v) is 3.18. The SMILES string of the molecule is CC(C)(C)c1nsc(Nc2ccc(C(=O)O)c(F)c2)n1. The van der Waals surface area contributed by atoms with Gasteiger partial charge in [0.25, 0.3) is 0 Å². The zero-order valence-electron chi connectivity index (χ0n) is 11.3. The second-order valence-electron chi connectivity index (χ2n) is 5.30. The molecular weight excluding hydrogens is 281 g/mol. The van der Waals surface area contributed by atoms with Crippen LogP contribution in [0.25, 0.3) is 0 Å². The second-order valence-corrected chi connectivity index (χ2v) is 6.05. The van der Waals surface area contributed by atoms with Gasteiger partial charge in [-0.2, -0.15) is 4.37 Å². The van der Waals surface area contributed by atoms with E-state index in [0.29, 0.717) is 16.6 Å². The largest absolute Gasteiger partial charge is 0.478 e. The van der Waals surface area contributed by atoms with Gasteiger partial charge in [-0.3, -0.25) is 0 Å². The minimum absolute atomic E-state index is 0.158. The molecule has 106 valence electrons. The first-order valence-corrected chi connectivity index (χ1v) is 6.69. The minimum Gasteiger partial charge on any atom is -0.478 e. The molecule has 0 saturated heterocycles. The van der Waals surface area contributed by atoms with Crippen molar-refractivity contribution < 1.29 is 14.3 Å². The molecule has 1 aromatic heterocycles. The van der Waals surface area contributed by atoms with Crippen molar-refractivity contribution in [1.29, 1.82) is 0 Å². The fraction of sp³-hybridized carbons (Fsp3) is 0.308. The zero-order valence-corrected chi connectivity index (χ0v) is 12.1. The quantitative estimate of drug-likeness (QED) is 0.907. The highest BCUT2D eigenvalue weighted by Gasteiger charge is 2.19. The predicted molar refractivity (Wildman–Crippen MR) is 75.3 cm³/mol. The van der Waals surface area contributed by atoms with E-state index in [1.54, 1.807) is 0 Å². The van der Waals surface area contributed by atoms with Crippen LogP contribution in [0.2, 0.25) is 0 Å². The van der Waals surface area contributed by atoms with Gasteiger partial charge in [0.15, 0.2) is 0 Å². The molecule has 20 heavy (non-hydrogen) atoms. The van der Waals surface area contributed by atoms with Crippen LogP contribution in [0.4, 0.5) is 15.2 Å². The van der Waals surface area contributed by atoms with Crippen molar-refractivity contribution >= 4 is 28.3 Å². The maximum Gasteiger partial charge on any atom is 0.338 e. The van der Waals surface area contributed by atoms with Gasteiger partial charge >= 0.3 is 5.97 Å². The number of benzene rings is 1. The van der Waals surface area contributed by atoms with E-state index in [-0.39, 0.29) is 11.0 Å². The Kier molecular flexibility index (Phi) is 3.71. The topological polar surface area (TPSA) is 75.1 Å². The molecule has 0 radical (unpaired) electrons. The van der Waals surface area contributed by atoms with Crippen molar-refractivity contribution in [1.82, 2.24) is 9.36 Å². The lowest BCUT2D eigenvalue weighted by atomic mass is 9.96. The second kappa shape index (κ2) is 5.16. The molecule has 0 atom stereocenters. The number of halogens is 1. The number of rotatable bonds is 3. The van der Waals surface area contributed by atoms with Crippen molar-refractivity contribution in [2.24, 2.45) is 0 Å². The first-order chi connectivity index (χ1) is 9.27. The number of nitrogens with one attached hydrogen (secondary N) is 1. The van der Waals surface area contributed by atoms with E-state index in [1.807, 2.05) is 20.8 Å². The molecule has 2 N–H and O–H groups in total. The van der Waals surface area contributed by atoms with Crippen LogP contribution in [0.1, 0.15) is 37.0 Å². The van der Waals surface area contributed by atoms with Crippen molar-refractivity contribution in [2.45, 2.75) is 26.2 Å². The van der Waals surface area contributed by atoms with Gasteiger partial charge < -0.3 is 10.4 Å². The number of hydrogen-bond donors (Lipinski definition) is 2. The fourth-order valence-corrected chi connectivity index (χ4v) is 2.25. The third kappa shape index (κ3) is 3.11. The number of carboxylic acid groups (broad SMARTS) is 1. The van der Waals surface area contributed by atoms with Gasteiger partial charge in [0, 0.05) is 22.6 Å². The first kappa shape index (κ1) is 14.4. The maximum atomic E-state index is 13.5. The molecule has 0 aliphatic heterocycles. The van der Waals surface area contributed by atoms with E-state index < -0.39 is 11.8 Å². The number of carboxylic acids is 1. The van der Waals surface area contributed by atoms with Crippen LogP contribution in [0.5, 0.6) is 0 Å². The molecule has 5 nitrogen and oxygen atoms in total. The first-order valence-electron chi connectivity index (χ1n) is 5.91. The summed E-state index contributed by atoms with van der Waals surface area (Å²) in [4.78, 5) is 15.0. The summed E-state index contributed by atoms with van der Waals surface area (Å²) in [5.41, 5.74) is -0.0817. The van der Waals surface area contributed by atoms with Crippen LogP contribution in [0.15, 0.2) is 18.2 Å². The summed E-state index contributed by atoms with van der Waals surface area (Å²) >= 11 is 1.18. The van der Waals surface area contributed by atoms with Crippen LogP contribution in [0.3, 0.4) is 0 Å². The minimum atomic E-state index is -1.29. The Labute approximate surface area is 119 Å². The van der Waals surface area contributed by atoms with Crippen molar-refractivity contribution in [3.8, 4) is 0 Å². The van der Waals surface area contributed by atoms with Gasteiger partial charge in [0.05, 0.1) is 5.56 Å². The molecule has 0 saturated carbocycles. The summed E-state index contributed by atoms with van der Waals surface area (Å²) in [7, 11) is 0. The summed E-state index contributed by atoms with van der Waals surface area (Å²) in [5.74, 6) is -1.38. The molecule has 0 bridgehead atoms. The maximum absolute atomic E-state index is 13.5. The summed E-state index contributed by atoms with van der Waals surface area (Å²) in [6.45, 7) is 6.00. The van der Waals surface area contributed by atoms with Gasteiger partial charge in [-0.1, -0.05) is 20.8 Å². The lowest BCUT2D eigenvalue weighted by Crippen LogP contribution is -2.13. The summed E-state index contributed by atoms with van der Waals surface area (Å²) in [6.07, 6.45) is 0. The fourth-order valence-electron chi connectivity index (χ4n) is 1.47. The molecule has 2 aromatic rings. The Hall–Kier alpha value is -2.02. The van der Waals surface area contributed by atoms with Gasteiger partial charge in [-0.25, -0.2) is 14.2 Å². The normalized spacial score (nSPS) is 11.4. The average molecular weight is 295 g/mol. The molecule has 7 heteroatoms. The lowest BCUT2D eigenvalue weighted by Gasteiger charge is -2.12. The molecule has 0 aliphatic rings. The average Bonchev–Trinajstić information content (AvgIpc) is 2.76. The molecule has 0 aliphatic carbocycles. The van der Waals surface area contributed by atoms with Crippen LogP contribution < -0.4 is 5.32 Å². The highest BCUT2D eigenvalue weighted by molar-refractivity contribution is 7.09. The molecule has 2 rings (SSSR count). The molecule has 0 spiro atoms. The number of aromatic carboxylic acids is 1. The predicted octanol–water partition coefficient (Wildman–Crippen LogP) is 3.42. The van der Waals surface area contributed by atoms with Gasteiger partial charge in [0.1, 0.15) is 11.6 Å². The Morgan fingerprint density at radius 3 is 2.60 bits per heavy atom. The third-order valence-electron chi connectivity index (χ3n) is 2.55. The van der Waals surface area contributed by atoms with E-state index >= 15 is 0 Å². The van der Waals surface area contributed by atoms with Gasteiger partial charge in [-0.05, 0) is 18.2 Å². The molecule has 1 heterocycles. The summed E-state index contributed by atoms with van der Waals surface area (Å²) in [6, 6.07) is 3.83. The lowest BCUT2D eigenvalue weighted by molar-refractivity contribution is 0.0692. The Bertz CT molecular complexity index is 649. The van der Waals surface area contributed by atoms with Gasteiger partial charge in [0.2, 0.25) is 5.13 Å². The highest BCUT2D eigenvalue weighted by Crippen LogP contribution is 2.25. The van der Waals surface area contributed by atoms with Crippen LogP contribution >= 0.6 is 11.5 Å². The number of aromatic nitrogens is 2. The van der Waals surface area contributed by atoms with Crippen LogP contribution in [-0.2, 0) is 5.41 Å². The molecule has 1 aromatic carbocycles.